The van der Waals surface area contributed by atoms with Gasteiger partial charge in [-0.1, -0.05) is 135 Å². The molecule has 0 amide bonds. The molecule has 212 valence electrons. The number of ether oxygens (including phenoxy) is 1. The summed E-state index contributed by atoms with van der Waals surface area (Å²) in [5.74, 6) is 2.80. The predicted octanol–water partition coefficient (Wildman–Crippen LogP) is 10.8. The summed E-state index contributed by atoms with van der Waals surface area (Å²) in [6.07, 6.45) is 30.9. The van der Waals surface area contributed by atoms with Crippen molar-refractivity contribution in [2.75, 3.05) is 6.61 Å². The van der Waals surface area contributed by atoms with Crippen molar-refractivity contribution in [3.05, 3.63) is 42.4 Å². The lowest BCUT2D eigenvalue weighted by Crippen LogP contribution is -2.15. The summed E-state index contributed by atoms with van der Waals surface area (Å²) in [5, 5.41) is 0. The minimum Gasteiger partial charge on any atom is -0.493 e. The molecule has 1 aliphatic rings. The summed E-state index contributed by atoms with van der Waals surface area (Å²) in [5.41, 5.74) is 3.45. The second kappa shape index (κ2) is 19.2. The van der Waals surface area contributed by atoms with Gasteiger partial charge in [0.1, 0.15) is 12.1 Å². The summed E-state index contributed by atoms with van der Waals surface area (Å²) in [4.78, 5) is 9.14. The zero-order valence-corrected chi connectivity index (χ0v) is 24.8. The fourth-order valence-corrected chi connectivity index (χ4v) is 6.20. The molecule has 2 aromatic rings. The van der Waals surface area contributed by atoms with Crippen molar-refractivity contribution in [3.63, 3.8) is 0 Å². The molecule has 1 aromatic heterocycles. The highest BCUT2D eigenvalue weighted by Gasteiger charge is 2.21. The van der Waals surface area contributed by atoms with Gasteiger partial charge in [0.25, 0.3) is 0 Å². The van der Waals surface area contributed by atoms with E-state index in [0.717, 1.165) is 48.3 Å². The number of para-hydroxylation sites is 1. The first kappa shape index (κ1) is 30.6. The fourth-order valence-electron chi connectivity index (χ4n) is 6.20. The number of hydrogen-bond donors (Lipinski definition) is 0. The molecule has 1 heterocycles. The first-order valence-electron chi connectivity index (χ1n) is 16.3. The van der Waals surface area contributed by atoms with Crippen molar-refractivity contribution >= 4 is 0 Å². The minimum atomic E-state index is 0.783. The van der Waals surface area contributed by atoms with Crippen LogP contribution >= 0.6 is 0 Å². The zero-order valence-electron chi connectivity index (χ0n) is 24.8. The largest absolute Gasteiger partial charge is 0.493 e. The van der Waals surface area contributed by atoms with E-state index in [2.05, 4.69) is 43.1 Å². The van der Waals surface area contributed by atoms with Crippen LogP contribution in [0.5, 0.6) is 5.75 Å². The third kappa shape index (κ3) is 11.5. The third-order valence-electron chi connectivity index (χ3n) is 8.69. The van der Waals surface area contributed by atoms with Gasteiger partial charge in [0.2, 0.25) is 0 Å². The van der Waals surface area contributed by atoms with E-state index in [1.54, 1.807) is 6.33 Å². The molecule has 0 N–H and O–H groups in total. The molecule has 1 aromatic carbocycles. The molecule has 0 unspecified atom stereocenters. The van der Waals surface area contributed by atoms with Crippen LogP contribution in [0.15, 0.2) is 36.8 Å². The lowest BCUT2D eigenvalue weighted by Gasteiger charge is -2.28. The number of rotatable bonds is 20. The van der Waals surface area contributed by atoms with Gasteiger partial charge in [-0.2, -0.15) is 0 Å². The van der Waals surface area contributed by atoms with Gasteiger partial charge in [-0.25, -0.2) is 9.97 Å². The lowest BCUT2D eigenvalue weighted by molar-refractivity contribution is 0.248. The van der Waals surface area contributed by atoms with Crippen LogP contribution in [0.25, 0.3) is 11.3 Å². The fraction of sp³-hybridized carbons (Fsp3) is 0.714. The summed E-state index contributed by atoms with van der Waals surface area (Å²) in [7, 11) is 0. The average molecular weight is 521 g/mol. The highest BCUT2D eigenvalue weighted by molar-refractivity contribution is 5.69. The molecule has 0 radical (unpaired) electrons. The van der Waals surface area contributed by atoms with Crippen molar-refractivity contribution in [2.45, 2.75) is 142 Å². The zero-order chi connectivity index (χ0) is 26.7. The molecule has 0 atom stereocenters. The van der Waals surface area contributed by atoms with E-state index < -0.39 is 0 Å². The van der Waals surface area contributed by atoms with Crippen LogP contribution in [-0.4, -0.2) is 16.6 Å². The first-order valence-corrected chi connectivity index (χ1v) is 16.3. The van der Waals surface area contributed by atoms with E-state index in [-0.39, 0.29) is 0 Å². The molecule has 3 rings (SSSR count). The van der Waals surface area contributed by atoms with Gasteiger partial charge in [0, 0.05) is 11.8 Å². The molecule has 1 fully saturated rings. The van der Waals surface area contributed by atoms with Crippen molar-refractivity contribution < 1.29 is 4.74 Å². The molecule has 1 aliphatic carbocycles. The summed E-state index contributed by atoms with van der Waals surface area (Å²) >= 11 is 0. The molecular formula is C35H56N2O. The van der Waals surface area contributed by atoms with Gasteiger partial charge in [0.15, 0.2) is 0 Å². The molecule has 1 saturated carbocycles. The summed E-state index contributed by atoms with van der Waals surface area (Å²) < 4.78 is 6.26. The highest BCUT2D eigenvalue weighted by atomic mass is 16.5. The third-order valence-corrected chi connectivity index (χ3v) is 8.69. The summed E-state index contributed by atoms with van der Waals surface area (Å²) in [6, 6.07) is 8.44. The quantitative estimate of drug-likeness (QED) is 0.163. The standard InChI is InChI=1S/C35H56N2O/c1-3-5-7-9-11-12-14-18-30-21-23-31(24-22-30)25-26-32-28-36-29-37-35(32)33-19-15-16-20-34(33)38-27-17-13-10-8-6-4-2/h15-16,19-20,28-31H,3-14,17-18,21-27H2,1-2H3. The number of hydrogen-bond acceptors (Lipinski definition) is 3. The monoisotopic (exact) mass is 520 g/mol. The highest BCUT2D eigenvalue weighted by Crippen LogP contribution is 2.36. The van der Waals surface area contributed by atoms with Gasteiger partial charge >= 0.3 is 0 Å². The van der Waals surface area contributed by atoms with Crippen LogP contribution in [0, 0.1) is 11.8 Å². The first-order chi connectivity index (χ1) is 18.8. The van der Waals surface area contributed by atoms with Crippen LogP contribution in [-0.2, 0) is 6.42 Å². The topological polar surface area (TPSA) is 35.0 Å². The lowest BCUT2D eigenvalue weighted by atomic mass is 9.77. The van der Waals surface area contributed by atoms with Crippen molar-refractivity contribution in [3.8, 4) is 17.0 Å². The second-order valence-electron chi connectivity index (χ2n) is 11.8. The van der Waals surface area contributed by atoms with Crippen LogP contribution in [0.2, 0.25) is 0 Å². The molecule has 0 aliphatic heterocycles. The number of aromatic nitrogens is 2. The molecule has 0 bridgehead atoms. The Hall–Kier alpha value is -1.90. The predicted molar refractivity (Wildman–Crippen MR) is 163 cm³/mol. The Labute approximate surface area is 234 Å². The Balaban J connectivity index is 1.41. The maximum atomic E-state index is 6.26. The van der Waals surface area contributed by atoms with E-state index in [0.29, 0.717) is 0 Å². The Kier molecular flexibility index (Phi) is 15.5. The Morgan fingerprint density at radius 3 is 2.03 bits per heavy atom. The molecule has 3 heteroatoms. The van der Waals surface area contributed by atoms with E-state index in [1.165, 1.54) is 121 Å². The smallest absolute Gasteiger partial charge is 0.128 e. The molecule has 3 nitrogen and oxygen atoms in total. The Morgan fingerprint density at radius 2 is 1.32 bits per heavy atom. The van der Waals surface area contributed by atoms with Crippen LogP contribution < -0.4 is 4.74 Å². The minimum absolute atomic E-state index is 0.783. The van der Waals surface area contributed by atoms with Crippen LogP contribution in [0.3, 0.4) is 0 Å². The molecule has 0 spiro atoms. The molecular weight excluding hydrogens is 464 g/mol. The van der Waals surface area contributed by atoms with E-state index in [1.807, 2.05) is 6.20 Å². The van der Waals surface area contributed by atoms with Crippen molar-refractivity contribution in [2.24, 2.45) is 11.8 Å². The normalized spacial score (nSPS) is 17.5. The van der Waals surface area contributed by atoms with Crippen molar-refractivity contribution in [1.29, 1.82) is 0 Å². The van der Waals surface area contributed by atoms with E-state index >= 15 is 0 Å². The van der Waals surface area contributed by atoms with Crippen LogP contribution in [0.1, 0.15) is 141 Å². The van der Waals surface area contributed by atoms with Gasteiger partial charge in [0.05, 0.1) is 12.3 Å². The number of nitrogens with zero attached hydrogens (tertiary/aromatic N) is 2. The number of benzene rings is 1. The SMILES string of the molecule is CCCCCCCCCC1CCC(CCc2cncnc2-c2ccccc2OCCCCCCCC)CC1. The number of aryl methyl sites for hydroxylation is 1. The average Bonchev–Trinajstić information content (AvgIpc) is 2.96. The Morgan fingerprint density at radius 1 is 0.711 bits per heavy atom. The van der Waals surface area contributed by atoms with E-state index in [9.17, 15) is 0 Å². The van der Waals surface area contributed by atoms with Gasteiger partial charge in [-0.15, -0.1) is 0 Å². The summed E-state index contributed by atoms with van der Waals surface area (Å²) in [6.45, 7) is 5.35. The Bertz CT molecular complexity index is 859. The maximum absolute atomic E-state index is 6.26. The number of unbranched alkanes of at least 4 members (excludes halogenated alkanes) is 11. The van der Waals surface area contributed by atoms with Gasteiger partial charge in [-0.05, 0) is 48.8 Å². The molecule has 0 saturated heterocycles. The van der Waals surface area contributed by atoms with Gasteiger partial charge in [-0.3, -0.25) is 0 Å². The molecule has 38 heavy (non-hydrogen) atoms. The second-order valence-corrected chi connectivity index (χ2v) is 11.8. The van der Waals surface area contributed by atoms with Gasteiger partial charge < -0.3 is 4.74 Å². The van der Waals surface area contributed by atoms with Crippen molar-refractivity contribution in [1.82, 2.24) is 9.97 Å². The van der Waals surface area contributed by atoms with Crippen LogP contribution in [0.4, 0.5) is 0 Å². The van der Waals surface area contributed by atoms with E-state index in [4.69, 9.17) is 9.72 Å². The maximum Gasteiger partial charge on any atom is 0.128 e.